The molecule has 0 saturated carbocycles. The molecule has 0 fully saturated rings. The molecule has 8 heavy (non-hydrogen) atoms. The van der Waals surface area contributed by atoms with Crippen LogP contribution in [-0.2, 0) is 0 Å². The van der Waals surface area contributed by atoms with Gasteiger partial charge in [0, 0.05) is 0 Å². The summed E-state index contributed by atoms with van der Waals surface area (Å²) in [6, 6.07) is -0.860. The Morgan fingerprint density at radius 1 is 1.62 bits per heavy atom. The van der Waals surface area contributed by atoms with Crippen LogP contribution in [0.1, 0.15) is 0 Å². The Kier molecular flexibility index (Phi) is 2.14. The van der Waals surface area contributed by atoms with E-state index >= 15 is 0 Å². The minimum atomic E-state index is -0.860. The second-order valence-electron chi connectivity index (χ2n) is 1.04. The van der Waals surface area contributed by atoms with Gasteiger partial charge in [0.05, 0.1) is 0 Å². The molecule has 0 aliphatic heterocycles. The number of hydrogen-bond acceptors (Lipinski definition) is 3. The summed E-state index contributed by atoms with van der Waals surface area (Å²) in [7, 11) is 0. The predicted molar refractivity (Wildman–Crippen MR) is 32.3 cm³/mol. The van der Waals surface area contributed by atoms with Crippen molar-refractivity contribution in [3.8, 4) is 0 Å². The van der Waals surface area contributed by atoms with Crippen LogP contribution in [0.25, 0.3) is 0 Å². The number of urea groups is 1. The van der Waals surface area contributed by atoms with Crippen LogP contribution in [0.15, 0.2) is 0 Å². The number of hydrogen-bond donors (Lipinski definition) is 4. The Morgan fingerprint density at radius 2 is 2.00 bits per heavy atom. The Morgan fingerprint density at radius 3 is 2.00 bits per heavy atom. The van der Waals surface area contributed by atoms with E-state index in [-0.39, 0.29) is 0 Å². The summed E-state index contributed by atoms with van der Waals surface area (Å²) in [5.41, 5.74) is 9.40. The number of nitrogens with two attached hydrogens (primary N) is 2. The molecule has 0 aliphatic carbocycles. The van der Waals surface area contributed by atoms with Crippen molar-refractivity contribution in [2.75, 3.05) is 0 Å². The molecule has 46 valence electrons. The Labute approximate surface area is 51.7 Å². The van der Waals surface area contributed by atoms with Crippen molar-refractivity contribution >= 4 is 24.8 Å². The number of nitrogens with zero attached hydrogens (tertiary/aromatic N) is 1. The van der Waals surface area contributed by atoms with Gasteiger partial charge in [-0.05, 0) is 0 Å². The number of amides is 2. The van der Waals surface area contributed by atoms with Crippen LogP contribution in [-0.4, -0.2) is 16.3 Å². The first kappa shape index (κ1) is 7.09. The molecular formula is C2H6N4OS. The number of guanidine groups is 1. The highest BCUT2D eigenvalue weighted by Crippen LogP contribution is 1.87. The first-order chi connectivity index (χ1) is 3.55. The summed E-state index contributed by atoms with van der Waals surface area (Å²) in [5, 5.41) is 6.56. The summed E-state index contributed by atoms with van der Waals surface area (Å²) in [4.78, 5) is 9.99. The minimum Gasteiger partial charge on any atom is -0.369 e. The van der Waals surface area contributed by atoms with E-state index in [4.69, 9.17) is 11.1 Å². The van der Waals surface area contributed by atoms with Crippen LogP contribution < -0.4 is 11.5 Å². The first-order valence-electron chi connectivity index (χ1n) is 1.68. The van der Waals surface area contributed by atoms with E-state index in [0.29, 0.717) is 4.31 Å². The number of rotatable bonds is 0. The van der Waals surface area contributed by atoms with Gasteiger partial charge >= 0.3 is 6.03 Å². The van der Waals surface area contributed by atoms with Crippen LogP contribution in [0, 0.1) is 5.41 Å². The van der Waals surface area contributed by atoms with Crippen molar-refractivity contribution in [2.24, 2.45) is 11.5 Å². The van der Waals surface area contributed by atoms with Crippen molar-refractivity contribution in [1.82, 2.24) is 4.31 Å². The minimum absolute atomic E-state index is 0.485. The lowest BCUT2D eigenvalue weighted by atomic mass is 10.9. The van der Waals surface area contributed by atoms with Gasteiger partial charge < -0.3 is 11.5 Å². The molecule has 0 spiro atoms. The van der Waals surface area contributed by atoms with E-state index in [1.165, 1.54) is 0 Å². The first-order valence-corrected chi connectivity index (χ1v) is 2.08. The van der Waals surface area contributed by atoms with E-state index in [0.717, 1.165) is 0 Å². The summed E-state index contributed by atoms with van der Waals surface area (Å²) >= 11 is 3.43. The lowest BCUT2D eigenvalue weighted by molar-refractivity contribution is 0.244. The average molecular weight is 134 g/mol. The van der Waals surface area contributed by atoms with E-state index in [1.807, 2.05) is 0 Å². The molecule has 5 N–H and O–H groups in total. The Hall–Kier alpha value is -0.910. The summed E-state index contributed by atoms with van der Waals surface area (Å²) < 4.78 is 0.528. The number of carbonyl (C=O) groups is 1. The molecule has 6 heteroatoms. The monoisotopic (exact) mass is 134 g/mol. The molecular weight excluding hydrogens is 128 g/mol. The molecule has 0 rings (SSSR count). The van der Waals surface area contributed by atoms with Crippen LogP contribution >= 0.6 is 12.8 Å². The van der Waals surface area contributed by atoms with E-state index in [1.54, 1.807) is 0 Å². The highest BCUT2D eigenvalue weighted by molar-refractivity contribution is 7.79. The second-order valence-corrected chi connectivity index (χ2v) is 1.44. The van der Waals surface area contributed by atoms with Crippen molar-refractivity contribution in [2.45, 2.75) is 0 Å². The van der Waals surface area contributed by atoms with Gasteiger partial charge in [-0.3, -0.25) is 5.41 Å². The summed E-state index contributed by atoms with van der Waals surface area (Å²) in [6.45, 7) is 0. The molecule has 5 nitrogen and oxygen atoms in total. The van der Waals surface area contributed by atoms with Crippen molar-refractivity contribution in [3.05, 3.63) is 0 Å². The van der Waals surface area contributed by atoms with Crippen molar-refractivity contribution in [3.63, 3.8) is 0 Å². The predicted octanol–water partition coefficient (Wildman–Crippen LogP) is -0.895. The smallest absolute Gasteiger partial charge is 0.331 e. The fourth-order valence-corrected chi connectivity index (χ4v) is 0.119. The van der Waals surface area contributed by atoms with Gasteiger partial charge in [0.25, 0.3) is 0 Å². The number of carbonyl (C=O) groups excluding carboxylic acids is 1. The van der Waals surface area contributed by atoms with Crippen LogP contribution in [0.2, 0.25) is 0 Å². The molecule has 0 heterocycles. The van der Waals surface area contributed by atoms with E-state index in [2.05, 4.69) is 18.5 Å². The van der Waals surface area contributed by atoms with Crippen LogP contribution in [0.3, 0.4) is 0 Å². The topological polar surface area (TPSA) is 96.2 Å². The zero-order valence-corrected chi connectivity index (χ0v) is 4.85. The number of thiol groups is 1. The number of primary amides is 1. The number of nitrogens with one attached hydrogen (secondary N) is 1. The zero-order valence-electron chi connectivity index (χ0n) is 3.96. The maximum atomic E-state index is 9.99. The maximum absolute atomic E-state index is 9.99. The SMILES string of the molecule is N=C(N)N(S)C(N)=O. The average Bonchev–Trinajstić information content (AvgIpc) is 1.64. The largest absolute Gasteiger partial charge is 0.369 e. The fraction of sp³-hybridized carbons (Fsp3) is 0. The maximum Gasteiger partial charge on any atom is 0.331 e. The van der Waals surface area contributed by atoms with Gasteiger partial charge in [0.2, 0.25) is 5.96 Å². The molecule has 0 aromatic rings. The summed E-state index contributed by atoms with van der Waals surface area (Å²) in [6.07, 6.45) is 0. The normalized spacial score (nSPS) is 8.12. The summed E-state index contributed by atoms with van der Waals surface area (Å²) in [5.74, 6) is -0.485. The van der Waals surface area contributed by atoms with Gasteiger partial charge in [0.15, 0.2) is 0 Å². The van der Waals surface area contributed by atoms with Gasteiger partial charge in [-0.2, -0.15) is 0 Å². The van der Waals surface area contributed by atoms with Gasteiger partial charge in [-0.25, -0.2) is 9.10 Å². The lowest BCUT2D eigenvalue weighted by Gasteiger charge is -2.06. The highest BCUT2D eigenvalue weighted by atomic mass is 32.1. The second kappa shape index (κ2) is 2.41. The van der Waals surface area contributed by atoms with Crippen molar-refractivity contribution in [1.29, 1.82) is 5.41 Å². The molecule has 0 radical (unpaired) electrons. The van der Waals surface area contributed by atoms with Crippen molar-refractivity contribution < 1.29 is 4.79 Å². The van der Waals surface area contributed by atoms with Crippen LogP contribution in [0.4, 0.5) is 4.79 Å². The molecule has 0 atom stereocenters. The third-order valence-corrected chi connectivity index (χ3v) is 0.850. The molecule has 0 bridgehead atoms. The third kappa shape index (κ3) is 1.69. The van der Waals surface area contributed by atoms with E-state index < -0.39 is 12.0 Å². The molecule has 2 amide bonds. The molecule has 0 unspecified atom stereocenters. The fourth-order valence-electron chi connectivity index (χ4n) is 0.119. The lowest BCUT2D eigenvalue weighted by Crippen LogP contribution is -2.37. The third-order valence-electron chi connectivity index (χ3n) is 0.437. The molecule has 0 aromatic heterocycles. The zero-order chi connectivity index (χ0) is 6.73. The Bertz CT molecular complexity index is 109. The Balaban J connectivity index is 3.83. The molecule has 0 saturated heterocycles. The van der Waals surface area contributed by atoms with Gasteiger partial charge in [0.1, 0.15) is 0 Å². The quantitative estimate of drug-likeness (QED) is 0.196. The van der Waals surface area contributed by atoms with E-state index in [9.17, 15) is 4.79 Å². The molecule has 0 aromatic carbocycles. The van der Waals surface area contributed by atoms with Crippen LogP contribution in [0.5, 0.6) is 0 Å². The molecule has 0 aliphatic rings. The van der Waals surface area contributed by atoms with Gasteiger partial charge in [-0.15, -0.1) is 0 Å². The van der Waals surface area contributed by atoms with Gasteiger partial charge in [-0.1, -0.05) is 12.8 Å². The standard InChI is InChI=1S/C2H6N4OS/c3-1(4)6(8)2(5)7/h8H,(H3,3,4)(H2,5,7). The highest BCUT2D eigenvalue weighted by Gasteiger charge is 2.04.